The number of hydrogen-bond donors (Lipinski definition) is 1. The van der Waals surface area contributed by atoms with Gasteiger partial charge in [0.25, 0.3) is 0 Å². The molecule has 0 fully saturated rings. The molecule has 0 saturated carbocycles. The van der Waals surface area contributed by atoms with Crippen molar-refractivity contribution in [1.82, 2.24) is 0 Å². The number of carbonyl (C=O) groups is 2. The zero-order valence-corrected chi connectivity index (χ0v) is 13.6. The first-order chi connectivity index (χ1) is 11.0. The first-order valence-corrected chi connectivity index (χ1v) is 8.85. The van der Waals surface area contributed by atoms with Crippen molar-refractivity contribution >= 4 is 11.6 Å². The highest BCUT2D eigenvalue weighted by Crippen LogP contribution is 2.50. The number of hydrogen-bond acceptors (Lipinski definition) is 3. The number of carbonyl (C=O) groups excluding carboxylic acids is 2. The van der Waals surface area contributed by atoms with Crippen molar-refractivity contribution in [2.24, 2.45) is 29.6 Å². The molecule has 23 heavy (non-hydrogen) atoms. The second-order valence-electron chi connectivity index (χ2n) is 7.80. The molecule has 3 heteroatoms. The highest BCUT2D eigenvalue weighted by molar-refractivity contribution is 5.91. The minimum Gasteiger partial charge on any atom is -0.389 e. The molecule has 3 nitrogen and oxygen atoms in total. The highest BCUT2D eigenvalue weighted by Gasteiger charge is 2.43. The lowest BCUT2D eigenvalue weighted by molar-refractivity contribution is -0.122. The molecule has 0 radical (unpaired) electrons. The van der Waals surface area contributed by atoms with E-state index in [1.165, 1.54) is 11.1 Å². The summed E-state index contributed by atoms with van der Waals surface area (Å²) in [7, 11) is 0. The number of allylic oxidation sites excluding steroid dienone is 5. The van der Waals surface area contributed by atoms with Gasteiger partial charge in [-0.15, -0.1) is 0 Å². The molecule has 0 aromatic rings. The summed E-state index contributed by atoms with van der Waals surface area (Å²) in [5.41, 5.74) is 2.69. The third-order valence-electron chi connectivity index (χ3n) is 6.35. The lowest BCUT2D eigenvalue weighted by atomic mass is 9.69. The van der Waals surface area contributed by atoms with Gasteiger partial charge in [-0.05, 0) is 43.1 Å². The Hall–Kier alpha value is -1.48. The Morgan fingerprint density at radius 3 is 2.70 bits per heavy atom. The molecular formula is C20H24O3. The Labute approximate surface area is 137 Å². The van der Waals surface area contributed by atoms with E-state index in [0.717, 1.165) is 19.3 Å². The van der Waals surface area contributed by atoms with Gasteiger partial charge >= 0.3 is 0 Å². The Balaban J connectivity index is 1.83. The van der Waals surface area contributed by atoms with E-state index >= 15 is 0 Å². The molecule has 0 aromatic heterocycles. The molecule has 2 bridgehead atoms. The van der Waals surface area contributed by atoms with Crippen molar-refractivity contribution in [3.8, 4) is 0 Å². The Morgan fingerprint density at radius 1 is 1.04 bits per heavy atom. The summed E-state index contributed by atoms with van der Waals surface area (Å²) in [4.78, 5) is 24.3. The Kier molecular flexibility index (Phi) is 3.64. The average Bonchev–Trinajstić information content (AvgIpc) is 2.77. The van der Waals surface area contributed by atoms with Crippen LogP contribution in [0.25, 0.3) is 0 Å². The molecule has 0 saturated heterocycles. The van der Waals surface area contributed by atoms with Crippen LogP contribution in [-0.2, 0) is 9.59 Å². The first-order valence-electron chi connectivity index (χ1n) is 8.85. The molecule has 0 aliphatic heterocycles. The Bertz CT molecular complexity index is 639. The quantitative estimate of drug-likeness (QED) is 0.700. The van der Waals surface area contributed by atoms with Gasteiger partial charge in [0.1, 0.15) is 5.78 Å². The molecule has 4 aliphatic rings. The average molecular weight is 312 g/mol. The number of Topliss-reactive ketones (excluding diaryl/α,β-unsaturated/α-hetero) is 1. The van der Waals surface area contributed by atoms with Crippen LogP contribution in [0.2, 0.25) is 0 Å². The van der Waals surface area contributed by atoms with Crippen LogP contribution < -0.4 is 0 Å². The fourth-order valence-electron chi connectivity index (χ4n) is 5.13. The number of fused-ring (bicyclic) bond motifs is 6. The van der Waals surface area contributed by atoms with Gasteiger partial charge in [0.2, 0.25) is 0 Å². The van der Waals surface area contributed by atoms with Crippen LogP contribution >= 0.6 is 0 Å². The van der Waals surface area contributed by atoms with Crippen molar-refractivity contribution in [2.75, 3.05) is 0 Å². The van der Waals surface area contributed by atoms with Crippen LogP contribution in [-0.4, -0.2) is 22.8 Å². The standard InChI is InChI=1S/C20H24O3/c1-11-6-17-13-7-12(2-3-14(21)8-13)18-9-15(22)4-5-16(18)19(17)10-20(11)23/h2-5,11-14,16,18,21H,6-10H2,1H3. The fraction of sp³-hybridized carbons (Fsp3) is 0.600. The van der Waals surface area contributed by atoms with Crippen LogP contribution in [0.5, 0.6) is 0 Å². The predicted octanol–water partition coefficient (Wildman–Crippen LogP) is 3.00. The normalized spacial score (nSPS) is 42.9. The molecule has 6 atom stereocenters. The fourth-order valence-corrected chi connectivity index (χ4v) is 5.13. The van der Waals surface area contributed by atoms with E-state index in [2.05, 4.69) is 12.2 Å². The summed E-state index contributed by atoms with van der Waals surface area (Å²) in [6, 6.07) is 0. The number of aliphatic hydroxyl groups excluding tert-OH is 1. The van der Waals surface area contributed by atoms with E-state index in [1.54, 1.807) is 6.08 Å². The van der Waals surface area contributed by atoms with E-state index in [1.807, 2.05) is 13.0 Å². The van der Waals surface area contributed by atoms with Crippen molar-refractivity contribution in [1.29, 1.82) is 0 Å². The van der Waals surface area contributed by atoms with Gasteiger partial charge in [0.15, 0.2) is 5.78 Å². The lowest BCUT2D eigenvalue weighted by Gasteiger charge is -2.34. The predicted molar refractivity (Wildman–Crippen MR) is 87.5 cm³/mol. The van der Waals surface area contributed by atoms with Crippen LogP contribution in [0.15, 0.2) is 35.5 Å². The van der Waals surface area contributed by atoms with Gasteiger partial charge in [-0.3, -0.25) is 9.59 Å². The molecular weight excluding hydrogens is 288 g/mol. The van der Waals surface area contributed by atoms with Gasteiger partial charge in [-0.1, -0.05) is 36.3 Å². The summed E-state index contributed by atoms with van der Waals surface area (Å²) < 4.78 is 0. The van der Waals surface area contributed by atoms with Crippen LogP contribution in [0.3, 0.4) is 0 Å². The maximum Gasteiger partial charge on any atom is 0.155 e. The van der Waals surface area contributed by atoms with Crippen LogP contribution in [0.1, 0.15) is 39.0 Å². The zero-order valence-electron chi connectivity index (χ0n) is 13.6. The molecule has 4 rings (SSSR count). The second kappa shape index (κ2) is 5.55. The van der Waals surface area contributed by atoms with E-state index in [9.17, 15) is 14.7 Å². The molecule has 0 amide bonds. The number of rotatable bonds is 0. The maximum atomic E-state index is 12.3. The van der Waals surface area contributed by atoms with Gasteiger partial charge in [-0.2, -0.15) is 0 Å². The van der Waals surface area contributed by atoms with Crippen molar-refractivity contribution in [3.63, 3.8) is 0 Å². The molecule has 4 aliphatic carbocycles. The lowest BCUT2D eigenvalue weighted by Crippen LogP contribution is -2.30. The van der Waals surface area contributed by atoms with E-state index in [4.69, 9.17) is 0 Å². The second-order valence-corrected chi connectivity index (χ2v) is 7.80. The maximum absolute atomic E-state index is 12.3. The zero-order chi connectivity index (χ0) is 16.1. The molecule has 1 N–H and O–H groups in total. The van der Waals surface area contributed by atoms with Crippen LogP contribution in [0, 0.1) is 29.6 Å². The van der Waals surface area contributed by atoms with Gasteiger partial charge < -0.3 is 5.11 Å². The summed E-state index contributed by atoms with van der Waals surface area (Å²) >= 11 is 0. The molecule has 0 aromatic carbocycles. The Morgan fingerprint density at radius 2 is 1.87 bits per heavy atom. The SMILES string of the molecule is CC1CC2=C(CC1=O)C1C=CC(=O)CC1C1C=CC(O)CC2C1. The summed E-state index contributed by atoms with van der Waals surface area (Å²) in [6.45, 7) is 2.03. The number of ketones is 2. The van der Waals surface area contributed by atoms with Crippen LogP contribution in [0.4, 0.5) is 0 Å². The minimum absolute atomic E-state index is 0.0892. The molecule has 6 unspecified atom stereocenters. The van der Waals surface area contributed by atoms with E-state index in [0.29, 0.717) is 30.5 Å². The van der Waals surface area contributed by atoms with E-state index in [-0.39, 0.29) is 23.5 Å². The molecule has 0 heterocycles. The summed E-state index contributed by atoms with van der Waals surface area (Å²) in [6.07, 6.45) is 11.1. The minimum atomic E-state index is -0.405. The topological polar surface area (TPSA) is 54.4 Å². The first kappa shape index (κ1) is 15.1. The third kappa shape index (κ3) is 2.55. The van der Waals surface area contributed by atoms with Gasteiger partial charge in [-0.25, -0.2) is 0 Å². The summed E-state index contributed by atoms with van der Waals surface area (Å²) in [5.74, 6) is 1.78. The summed E-state index contributed by atoms with van der Waals surface area (Å²) in [5, 5.41) is 10.2. The number of aliphatic hydroxyl groups is 1. The monoisotopic (exact) mass is 312 g/mol. The van der Waals surface area contributed by atoms with Crippen molar-refractivity contribution < 1.29 is 14.7 Å². The smallest absolute Gasteiger partial charge is 0.155 e. The molecule has 122 valence electrons. The largest absolute Gasteiger partial charge is 0.389 e. The van der Waals surface area contributed by atoms with E-state index < -0.39 is 6.10 Å². The van der Waals surface area contributed by atoms with Gasteiger partial charge in [0.05, 0.1) is 6.10 Å². The third-order valence-corrected chi connectivity index (χ3v) is 6.35. The van der Waals surface area contributed by atoms with Gasteiger partial charge in [0, 0.05) is 24.7 Å². The molecule has 0 spiro atoms. The highest BCUT2D eigenvalue weighted by atomic mass is 16.3. The van der Waals surface area contributed by atoms with Crippen molar-refractivity contribution in [2.45, 2.75) is 45.1 Å². The van der Waals surface area contributed by atoms with Crippen molar-refractivity contribution in [3.05, 3.63) is 35.5 Å².